The van der Waals surface area contributed by atoms with E-state index in [0.29, 0.717) is 12.5 Å². The molecule has 7 heteroatoms. The lowest BCUT2D eigenvalue weighted by molar-refractivity contribution is 0.0158. The minimum Gasteiger partial charge on any atom is -0.462 e. The molecule has 0 bridgehead atoms. The molecule has 0 unspecified atom stereocenters. The van der Waals surface area contributed by atoms with E-state index in [4.69, 9.17) is 24.9 Å². The summed E-state index contributed by atoms with van der Waals surface area (Å²) in [7, 11) is 1.74. The molecule has 3 aromatic rings. The van der Waals surface area contributed by atoms with Crippen LogP contribution in [0.5, 0.6) is 11.6 Å². The first kappa shape index (κ1) is 20.5. The van der Waals surface area contributed by atoms with E-state index in [1.165, 1.54) is 5.56 Å². The molecule has 1 spiro atoms. The van der Waals surface area contributed by atoms with Crippen molar-refractivity contribution in [1.29, 1.82) is 0 Å². The minimum absolute atomic E-state index is 0.168. The van der Waals surface area contributed by atoms with Gasteiger partial charge in [0.1, 0.15) is 12.4 Å². The fourth-order valence-corrected chi connectivity index (χ4v) is 4.17. The summed E-state index contributed by atoms with van der Waals surface area (Å²) in [5.41, 5.74) is 9.87. The van der Waals surface area contributed by atoms with Gasteiger partial charge in [-0.2, -0.15) is 0 Å². The van der Waals surface area contributed by atoms with Gasteiger partial charge in [0.25, 0.3) is 6.02 Å². The van der Waals surface area contributed by atoms with E-state index < -0.39 is 5.54 Å². The molecule has 32 heavy (non-hydrogen) atoms. The first-order valence-corrected chi connectivity index (χ1v) is 10.7. The highest BCUT2D eigenvalue weighted by atomic mass is 16.5. The zero-order valence-corrected chi connectivity index (χ0v) is 18.5. The molecule has 0 amide bonds. The van der Waals surface area contributed by atoms with Crippen molar-refractivity contribution in [2.45, 2.75) is 37.8 Å². The Morgan fingerprint density at radius 1 is 1.12 bits per heavy atom. The first-order valence-electron chi connectivity index (χ1n) is 10.7. The second-order valence-corrected chi connectivity index (χ2v) is 8.81. The fourth-order valence-electron chi connectivity index (χ4n) is 4.17. The Morgan fingerprint density at radius 3 is 2.72 bits per heavy atom. The largest absolute Gasteiger partial charge is 0.462 e. The summed E-state index contributed by atoms with van der Waals surface area (Å²) in [6.45, 7) is 4.48. The van der Waals surface area contributed by atoms with Crippen LogP contribution in [0.4, 0.5) is 0 Å². The van der Waals surface area contributed by atoms with Gasteiger partial charge in [-0.15, -0.1) is 0 Å². The van der Waals surface area contributed by atoms with Crippen LogP contribution < -0.4 is 10.5 Å². The molecule has 164 valence electrons. The van der Waals surface area contributed by atoms with Gasteiger partial charge in [0, 0.05) is 42.4 Å². The van der Waals surface area contributed by atoms with Crippen molar-refractivity contribution in [3.8, 4) is 22.8 Å². The van der Waals surface area contributed by atoms with Crippen LogP contribution >= 0.6 is 0 Å². The molecule has 2 N–H and O–H groups in total. The second kappa shape index (κ2) is 7.60. The van der Waals surface area contributed by atoms with Crippen molar-refractivity contribution in [2.75, 3.05) is 13.7 Å². The number of fused-ring (bicyclic) bond motifs is 4. The van der Waals surface area contributed by atoms with E-state index in [9.17, 15) is 0 Å². The van der Waals surface area contributed by atoms with Gasteiger partial charge in [-0.25, -0.2) is 9.98 Å². The number of benzene rings is 1. The summed E-state index contributed by atoms with van der Waals surface area (Å²) in [5, 5.41) is 0. The van der Waals surface area contributed by atoms with Gasteiger partial charge in [-0.05, 0) is 56.5 Å². The van der Waals surface area contributed by atoms with Gasteiger partial charge >= 0.3 is 0 Å². The molecule has 7 nitrogen and oxygen atoms in total. The number of pyridine rings is 2. The predicted molar refractivity (Wildman–Crippen MR) is 122 cm³/mol. The van der Waals surface area contributed by atoms with Crippen molar-refractivity contribution in [3.63, 3.8) is 0 Å². The average Bonchev–Trinajstić information content (AvgIpc) is 3.21. The number of aliphatic imine (C=N–C) groups is 1. The van der Waals surface area contributed by atoms with Gasteiger partial charge in [0.15, 0.2) is 5.54 Å². The van der Waals surface area contributed by atoms with Crippen molar-refractivity contribution >= 4 is 6.02 Å². The third-order valence-corrected chi connectivity index (χ3v) is 6.29. The highest BCUT2D eigenvalue weighted by Gasteiger charge is 2.47. The molecule has 2 aliphatic rings. The van der Waals surface area contributed by atoms with Crippen molar-refractivity contribution < 1.29 is 14.2 Å². The molecule has 1 atom stereocenters. The van der Waals surface area contributed by atoms with Crippen LogP contribution in [-0.4, -0.2) is 35.3 Å². The Hall–Kier alpha value is -3.45. The Kier molecular flexibility index (Phi) is 4.86. The zero-order valence-electron chi connectivity index (χ0n) is 18.5. The summed E-state index contributed by atoms with van der Waals surface area (Å²) in [4.78, 5) is 13.6. The van der Waals surface area contributed by atoms with E-state index in [2.05, 4.69) is 42.0 Å². The number of hydrogen-bond acceptors (Lipinski definition) is 7. The SMILES string of the molecule is COC(C)(C)CCc1ccc2c(c1)[C@@]1(COC(N)=N1)c1cc(-c3cccnc3)cnc1O2. The van der Waals surface area contributed by atoms with Crippen LogP contribution in [0.15, 0.2) is 60.0 Å². The highest BCUT2D eigenvalue weighted by molar-refractivity contribution is 5.77. The maximum Gasteiger partial charge on any atom is 0.283 e. The summed E-state index contributed by atoms with van der Waals surface area (Å²) in [6.07, 6.45) is 7.11. The van der Waals surface area contributed by atoms with Crippen molar-refractivity contribution in [2.24, 2.45) is 10.7 Å². The van der Waals surface area contributed by atoms with Crippen LogP contribution in [0.3, 0.4) is 0 Å². The molecule has 0 radical (unpaired) electrons. The number of aromatic nitrogens is 2. The zero-order chi connectivity index (χ0) is 22.3. The number of hydrogen-bond donors (Lipinski definition) is 1. The smallest absolute Gasteiger partial charge is 0.283 e. The molecule has 2 aromatic heterocycles. The topological polar surface area (TPSA) is 91.9 Å². The minimum atomic E-state index is -0.801. The molecule has 0 fully saturated rings. The lowest BCUT2D eigenvalue weighted by atomic mass is 9.80. The predicted octanol–water partition coefficient (Wildman–Crippen LogP) is 4.20. The lowest BCUT2D eigenvalue weighted by Gasteiger charge is -2.33. The van der Waals surface area contributed by atoms with E-state index in [-0.39, 0.29) is 11.6 Å². The number of nitrogens with zero attached hydrogens (tertiary/aromatic N) is 3. The Morgan fingerprint density at radius 2 is 2.00 bits per heavy atom. The van der Waals surface area contributed by atoms with Crippen LogP contribution in [0, 0.1) is 0 Å². The number of methoxy groups -OCH3 is 1. The molecule has 0 aliphatic carbocycles. The first-order chi connectivity index (χ1) is 15.4. The fraction of sp³-hybridized carbons (Fsp3) is 0.320. The molecule has 5 rings (SSSR count). The van der Waals surface area contributed by atoms with Crippen LogP contribution in [0.25, 0.3) is 11.1 Å². The van der Waals surface area contributed by atoms with E-state index >= 15 is 0 Å². The average molecular weight is 431 g/mol. The number of ether oxygens (including phenoxy) is 3. The molecule has 1 aromatic carbocycles. The van der Waals surface area contributed by atoms with Gasteiger partial charge < -0.3 is 19.9 Å². The summed E-state index contributed by atoms with van der Waals surface area (Å²) in [5.74, 6) is 1.23. The van der Waals surface area contributed by atoms with Crippen molar-refractivity contribution in [1.82, 2.24) is 9.97 Å². The van der Waals surface area contributed by atoms with Gasteiger partial charge in [-0.1, -0.05) is 12.1 Å². The highest BCUT2D eigenvalue weighted by Crippen LogP contribution is 2.51. The molecule has 2 aliphatic heterocycles. The second-order valence-electron chi connectivity index (χ2n) is 8.81. The van der Waals surface area contributed by atoms with E-state index in [0.717, 1.165) is 40.8 Å². The monoisotopic (exact) mass is 430 g/mol. The Bertz CT molecular complexity index is 1190. The van der Waals surface area contributed by atoms with Gasteiger partial charge in [-0.3, -0.25) is 4.98 Å². The Labute approximate surface area is 187 Å². The van der Waals surface area contributed by atoms with E-state index in [1.54, 1.807) is 19.5 Å². The number of aryl methyl sites for hydroxylation is 1. The van der Waals surface area contributed by atoms with Gasteiger partial charge in [0.2, 0.25) is 5.88 Å². The molecular weight excluding hydrogens is 404 g/mol. The summed E-state index contributed by atoms with van der Waals surface area (Å²) < 4.78 is 17.5. The summed E-state index contributed by atoms with van der Waals surface area (Å²) >= 11 is 0. The maximum absolute atomic E-state index is 6.19. The summed E-state index contributed by atoms with van der Waals surface area (Å²) in [6, 6.07) is 12.3. The van der Waals surface area contributed by atoms with Crippen LogP contribution in [0.1, 0.15) is 37.0 Å². The number of amidine groups is 1. The van der Waals surface area contributed by atoms with Crippen molar-refractivity contribution in [3.05, 3.63) is 71.7 Å². The Balaban J connectivity index is 1.60. The molecule has 0 saturated heterocycles. The third kappa shape index (κ3) is 3.48. The van der Waals surface area contributed by atoms with Gasteiger partial charge in [0.05, 0.1) is 11.2 Å². The maximum atomic E-state index is 6.19. The lowest BCUT2D eigenvalue weighted by Crippen LogP contribution is -2.31. The number of rotatable bonds is 5. The number of nitrogens with two attached hydrogens (primary N) is 1. The molecule has 0 saturated carbocycles. The van der Waals surface area contributed by atoms with Crippen LogP contribution in [-0.2, 0) is 21.4 Å². The third-order valence-electron chi connectivity index (χ3n) is 6.29. The normalized spacial score (nSPS) is 19.0. The standard InChI is InChI=1S/C25H26N4O3/c1-24(2,30-3)9-8-16-6-7-21-19(11-16)25(15-31-23(26)29-25)20-12-18(14-28-22(20)32-21)17-5-4-10-27-13-17/h4-7,10-14H,8-9,15H2,1-3H3,(H2,26,29)/t25-/m0/s1. The molecule has 4 heterocycles. The molecular formula is C25H26N4O3. The van der Waals surface area contributed by atoms with E-state index in [1.807, 2.05) is 24.4 Å². The quantitative estimate of drug-likeness (QED) is 0.652. The van der Waals surface area contributed by atoms with Crippen LogP contribution in [0.2, 0.25) is 0 Å².